The van der Waals surface area contributed by atoms with Gasteiger partial charge in [0.2, 0.25) is 0 Å². The van der Waals surface area contributed by atoms with Gasteiger partial charge in [0, 0.05) is 5.56 Å². The fourth-order valence-electron chi connectivity index (χ4n) is 3.33. The Kier molecular flexibility index (Phi) is 5.65. The molecule has 0 spiro atoms. The number of benzene rings is 4. The van der Waals surface area contributed by atoms with E-state index in [9.17, 15) is 13.0 Å². The Labute approximate surface area is 176 Å². The summed E-state index contributed by atoms with van der Waals surface area (Å²) in [6, 6.07) is 31.6. The van der Waals surface area contributed by atoms with Crippen molar-refractivity contribution in [2.75, 3.05) is 0 Å². The van der Waals surface area contributed by atoms with Crippen LogP contribution in [0.1, 0.15) is 5.56 Å². The van der Waals surface area contributed by atoms with Crippen LogP contribution in [0.4, 0.5) is 0 Å². The molecule has 0 aliphatic rings. The summed E-state index contributed by atoms with van der Waals surface area (Å²) < 4.78 is 39.1. The van der Waals surface area contributed by atoms with Crippen molar-refractivity contribution in [3.8, 4) is 28.0 Å². The van der Waals surface area contributed by atoms with Gasteiger partial charge in [0.15, 0.2) is 0 Å². The van der Waals surface area contributed by atoms with Crippen LogP contribution in [0.25, 0.3) is 22.3 Å². The van der Waals surface area contributed by atoms with Gasteiger partial charge in [-0.1, -0.05) is 84.9 Å². The van der Waals surface area contributed by atoms with Crippen LogP contribution in [0.15, 0.2) is 108 Å². The van der Waals surface area contributed by atoms with Crippen LogP contribution in [0.2, 0.25) is 0 Å². The first-order chi connectivity index (χ1) is 14.5. The van der Waals surface area contributed by atoms with Crippen molar-refractivity contribution in [2.45, 2.75) is 11.5 Å². The zero-order chi connectivity index (χ0) is 21.0. The largest absolute Gasteiger partial charge is 0.488 e. The maximum absolute atomic E-state index is 11.7. The Morgan fingerprint density at radius 1 is 0.667 bits per heavy atom. The average molecular weight is 416 g/mol. The second-order valence-electron chi connectivity index (χ2n) is 6.82. The van der Waals surface area contributed by atoms with Gasteiger partial charge in [-0.2, -0.15) is 8.42 Å². The zero-order valence-corrected chi connectivity index (χ0v) is 16.9. The fourth-order valence-corrected chi connectivity index (χ4v) is 3.83. The summed E-state index contributed by atoms with van der Waals surface area (Å²) in [4.78, 5) is -0.146. The Morgan fingerprint density at radius 2 is 1.30 bits per heavy atom. The van der Waals surface area contributed by atoms with Gasteiger partial charge in [0.25, 0.3) is 10.1 Å². The standard InChI is InChI=1S/C25H20O4S/c26-30(27,28)21-15-16-22(24(17-21)20-11-5-2-6-12-20)23-13-7-8-14-25(23)29-18-19-9-3-1-4-10-19/h1-17H,18H2,(H,26,27,28). The molecule has 150 valence electrons. The highest BCUT2D eigenvalue weighted by atomic mass is 32.2. The maximum Gasteiger partial charge on any atom is 0.294 e. The summed E-state index contributed by atoms with van der Waals surface area (Å²) in [5.41, 5.74) is 4.25. The van der Waals surface area contributed by atoms with E-state index in [0.717, 1.165) is 22.3 Å². The molecule has 4 nitrogen and oxygen atoms in total. The van der Waals surface area contributed by atoms with E-state index in [-0.39, 0.29) is 4.90 Å². The molecular formula is C25H20O4S. The van der Waals surface area contributed by atoms with E-state index in [4.69, 9.17) is 4.74 Å². The summed E-state index contributed by atoms with van der Waals surface area (Å²) >= 11 is 0. The molecule has 4 aromatic carbocycles. The summed E-state index contributed by atoms with van der Waals surface area (Å²) in [6.45, 7) is 0.418. The summed E-state index contributed by atoms with van der Waals surface area (Å²) in [6.07, 6.45) is 0. The van der Waals surface area contributed by atoms with Crippen LogP contribution in [-0.4, -0.2) is 13.0 Å². The third kappa shape index (κ3) is 4.43. The predicted molar refractivity (Wildman–Crippen MR) is 118 cm³/mol. The third-order valence-electron chi connectivity index (χ3n) is 4.79. The molecule has 1 N–H and O–H groups in total. The molecule has 4 rings (SSSR count). The van der Waals surface area contributed by atoms with Gasteiger partial charge in [-0.3, -0.25) is 4.55 Å². The fraction of sp³-hybridized carbons (Fsp3) is 0.0400. The molecule has 0 aromatic heterocycles. The van der Waals surface area contributed by atoms with Crippen molar-refractivity contribution in [3.63, 3.8) is 0 Å². The van der Waals surface area contributed by atoms with E-state index < -0.39 is 10.1 Å². The SMILES string of the molecule is O=S(=O)(O)c1ccc(-c2ccccc2OCc2ccccc2)c(-c2ccccc2)c1. The van der Waals surface area contributed by atoms with Crippen molar-refractivity contribution < 1.29 is 17.7 Å². The molecule has 0 saturated heterocycles. The molecular weight excluding hydrogens is 396 g/mol. The lowest BCUT2D eigenvalue weighted by Crippen LogP contribution is -2.00. The molecule has 0 amide bonds. The van der Waals surface area contributed by atoms with Crippen molar-refractivity contribution in [1.29, 1.82) is 0 Å². The van der Waals surface area contributed by atoms with Crippen molar-refractivity contribution >= 4 is 10.1 Å². The number of ether oxygens (including phenoxy) is 1. The molecule has 0 aliphatic heterocycles. The van der Waals surface area contributed by atoms with E-state index in [1.54, 1.807) is 6.07 Å². The Bertz CT molecular complexity index is 1250. The van der Waals surface area contributed by atoms with Gasteiger partial charge < -0.3 is 4.74 Å². The Hall–Kier alpha value is -3.41. The molecule has 0 heterocycles. The highest BCUT2D eigenvalue weighted by Gasteiger charge is 2.17. The highest BCUT2D eigenvalue weighted by Crippen LogP contribution is 2.38. The summed E-state index contributed by atoms with van der Waals surface area (Å²) in [7, 11) is -4.32. The minimum absolute atomic E-state index is 0.146. The first-order valence-electron chi connectivity index (χ1n) is 9.45. The van der Waals surface area contributed by atoms with E-state index in [0.29, 0.717) is 17.9 Å². The Morgan fingerprint density at radius 3 is 2.00 bits per heavy atom. The van der Waals surface area contributed by atoms with Crippen LogP contribution in [0.3, 0.4) is 0 Å². The molecule has 30 heavy (non-hydrogen) atoms. The van der Waals surface area contributed by atoms with Gasteiger partial charge in [-0.25, -0.2) is 0 Å². The van der Waals surface area contributed by atoms with Crippen LogP contribution in [-0.2, 0) is 16.7 Å². The minimum Gasteiger partial charge on any atom is -0.488 e. The molecule has 0 saturated carbocycles. The number of hydrogen-bond acceptors (Lipinski definition) is 3. The van der Waals surface area contributed by atoms with Crippen LogP contribution in [0, 0.1) is 0 Å². The van der Waals surface area contributed by atoms with Gasteiger partial charge in [0.05, 0.1) is 4.90 Å². The topological polar surface area (TPSA) is 63.6 Å². The van der Waals surface area contributed by atoms with Crippen LogP contribution in [0.5, 0.6) is 5.75 Å². The first kappa shape index (κ1) is 19.9. The van der Waals surface area contributed by atoms with Crippen molar-refractivity contribution in [3.05, 3.63) is 109 Å². The summed E-state index contributed by atoms with van der Waals surface area (Å²) in [5.74, 6) is 0.693. The second kappa shape index (κ2) is 8.53. The lowest BCUT2D eigenvalue weighted by Gasteiger charge is -2.16. The first-order valence-corrected chi connectivity index (χ1v) is 10.9. The summed E-state index contributed by atoms with van der Waals surface area (Å²) in [5, 5.41) is 0. The van der Waals surface area contributed by atoms with Gasteiger partial charge in [0.1, 0.15) is 12.4 Å². The van der Waals surface area contributed by atoms with E-state index >= 15 is 0 Å². The molecule has 0 radical (unpaired) electrons. The van der Waals surface area contributed by atoms with Gasteiger partial charge >= 0.3 is 0 Å². The number of hydrogen-bond donors (Lipinski definition) is 1. The monoisotopic (exact) mass is 416 g/mol. The normalized spacial score (nSPS) is 11.2. The predicted octanol–water partition coefficient (Wildman–Crippen LogP) is 5.85. The van der Waals surface area contributed by atoms with Gasteiger partial charge in [-0.15, -0.1) is 0 Å². The molecule has 5 heteroatoms. The molecule has 0 bridgehead atoms. The molecule has 4 aromatic rings. The van der Waals surface area contributed by atoms with Gasteiger partial charge in [-0.05, 0) is 40.5 Å². The van der Waals surface area contributed by atoms with E-state index in [1.165, 1.54) is 12.1 Å². The number of rotatable bonds is 6. The lowest BCUT2D eigenvalue weighted by molar-refractivity contribution is 0.307. The lowest BCUT2D eigenvalue weighted by atomic mass is 9.94. The second-order valence-corrected chi connectivity index (χ2v) is 8.24. The number of para-hydroxylation sites is 1. The van der Waals surface area contributed by atoms with Crippen molar-refractivity contribution in [1.82, 2.24) is 0 Å². The molecule has 0 fully saturated rings. The van der Waals surface area contributed by atoms with Crippen molar-refractivity contribution in [2.24, 2.45) is 0 Å². The molecule has 0 aliphatic carbocycles. The van der Waals surface area contributed by atoms with E-state index in [1.807, 2.05) is 84.9 Å². The molecule has 0 unspecified atom stereocenters. The quantitative estimate of drug-likeness (QED) is 0.401. The van der Waals surface area contributed by atoms with Crippen LogP contribution < -0.4 is 4.74 Å². The zero-order valence-electron chi connectivity index (χ0n) is 16.1. The smallest absolute Gasteiger partial charge is 0.294 e. The highest BCUT2D eigenvalue weighted by molar-refractivity contribution is 7.85. The maximum atomic E-state index is 11.7. The third-order valence-corrected chi connectivity index (χ3v) is 5.64. The average Bonchev–Trinajstić information content (AvgIpc) is 2.78. The Balaban J connectivity index is 1.81. The van der Waals surface area contributed by atoms with E-state index in [2.05, 4.69) is 0 Å². The van der Waals surface area contributed by atoms with Crippen LogP contribution >= 0.6 is 0 Å². The molecule has 0 atom stereocenters. The minimum atomic E-state index is -4.32.